The maximum Gasteiger partial charge on any atom is 0.243 e. The molecule has 1 fully saturated rings. The average Bonchev–Trinajstić information content (AvgIpc) is 2.89. The second-order valence-corrected chi connectivity index (χ2v) is 8.08. The molecule has 190 valence electrons. The number of ether oxygens (including phenoxy) is 5. The summed E-state index contributed by atoms with van der Waals surface area (Å²) in [7, 11) is 6.15. The lowest BCUT2D eigenvalue weighted by Crippen LogP contribution is -2.54. The Morgan fingerprint density at radius 3 is 2.17 bits per heavy atom. The van der Waals surface area contributed by atoms with Crippen LogP contribution in [-0.4, -0.2) is 52.1 Å². The summed E-state index contributed by atoms with van der Waals surface area (Å²) in [5.74, 6) is 1.79. The zero-order valence-electron chi connectivity index (χ0n) is 20.6. The van der Waals surface area contributed by atoms with Crippen LogP contribution in [0.2, 0.25) is 0 Å². The second-order valence-electron chi connectivity index (χ2n) is 8.08. The molecule has 10 heteroatoms. The first kappa shape index (κ1) is 26.0. The first-order chi connectivity index (χ1) is 16.9. The Hall–Kier alpha value is -3.66. The normalized spacial score (nSPS) is 16.9. The standard InChI is InChI=1S/C25H32N2O8/c1-15-23(27(25(15)29)17-13-20(32-3)24(34-5)21(14-17)33-4)16-9-10-18(31-2)19(12-16)35-11-7-6-8-22(28)26-30/h9-10,12-15,23,30H,6-8,11H2,1-5H3,(H,26,28)/t15-,23+/m0/s1. The van der Waals surface area contributed by atoms with Gasteiger partial charge in [0, 0.05) is 18.6 Å². The molecule has 2 aromatic carbocycles. The van der Waals surface area contributed by atoms with Crippen LogP contribution >= 0.6 is 0 Å². The van der Waals surface area contributed by atoms with Crippen molar-refractivity contribution < 1.29 is 38.5 Å². The predicted octanol–water partition coefficient (Wildman–Crippen LogP) is 3.50. The first-order valence-electron chi connectivity index (χ1n) is 11.3. The number of methoxy groups -OCH3 is 4. The number of hydrogen-bond acceptors (Lipinski definition) is 8. The highest BCUT2D eigenvalue weighted by molar-refractivity contribution is 6.03. The Morgan fingerprint density at radius 1 is 0.943 bits per heavy atom. The lowest BCUT2D eigenvalue weighted by atomic mass is 9.83. The van der Waals surface area contributed by atoms with Crippen molar-refractivity contribution in [3.63, 3.8) is 0 Å². The number of hydroxylamine groups is 1. The van der Waals surface area contributed by atoms with Crippen molar-refractivity contribution in [2.45, 2.75) is 32.2 Å². The van der Waals surface area contributed by atoms with E-state index >= 15 is 0 Å². The van der Waals surface area contributed by atoms with Gasteiger partial charge < -0.3 is 28.6 Å². The van der Waals surface area contributed by atoms with Gasteiger partial charge >= 0.3 is 0 Å². The van der Waals surface area contributed by atoms with Gasteiger partial charge in [-0.2, -0.15) is 0 Å². The van der Waals surface area contributed by atoms with Crippen LogP contribution in [0.15, 0.2) is 30.3 Å². The van der Waals surface area contributed by atoms with Gasteiger partial charge in [-0.3, -0.25) is 14.8 Å². The van der Waals surface area contributed by atoms with E-state index in [-0.39, 0.29) is 24.3 Å². The van der Waals surface area contributed by atoms with Crippen molar-refractivity contribution in [3.05, 3.63) is 35.9 Å². The van der Waals surface area contributed by atoms with Gasteiger partial charge in [0.25, 0.3) is 0 Å². The van der Waals surface area contributed by atoms with Crippen LogP contribution in [0.5, 0.6) is 28.7 Å². The molecule has 1 heterocycles. The van der Waals surface area contributed by atoms with E-state index in [2.05, 4.69) is 0 Å². The number of hydrogen-bond donors (Lipinski definition) is 2. The fourth-order valence-electron chi connectivity index (χ4n) is 4.18. The topological polar surface area (TPSA) is 116 Å². The Labute approximate surface area is 204 Å². The molecule has 10 nitrogen and oxygen atoms in total. The molecule has 2 aromatic rings. The molecule has 2 N–H and O–H groups in total. The van der Waals surface area contributed by atoms with Crippen molar-refractivity contribution in [3.8, 4) is 28.7 Å². The Kier molecular flexibility index (Phi) is 8.64. The number of carbonyl (C=O) groups excluding carboxylic acids is 2. The molecule has 1 saturated heterocycles. The zero-order chi connectivity index (χ0) is 25.5. The van der Waals surface area contributed by atoms with Crippen LogP contribution in [0.1, 0.15) is 37.8 Å². The van der Waals surface area contributed by atoms with E-state index in [0.717, 1.165) is 5.56 Å². The molecule has 35 heavy (non-hydrogen) atoms. The molecule has 0 radical (unpaired) electrons. The highest BCUT2D eigenvalue weighted by Gasteiger charge is 2.46. The molecule has 0 aliphatic carbocycles. The highest BCUT2D eigenvalue weighted by atomic mass is 16.5. The summed E-state index contributed by atoms with van der Waals surface area (Å²) < 4.78 is 27.7. The number of rotatable bonds is 12. The summed E-state index contributed by atoms with van der Waals surface area (Å²) >= 11 is 0. The van der Waals surface area contributed by atoms with Crippen LogP contribution in [-0.2, 0) is 9.59 Å². The monoisotopic (exact) mass is 488 g/mol. The lowest BCUT2D eigenvalue weighted by Gasteiger charge is -2.46. The van der Waals surface area contributed by atoms with Gasteiger partial charge in [0.05, 0.1) is 52.7 Å². The van der Waals surface area contributed by atoms with E-state index in [9.17, 15) is 9.59 Å². The number of nitrogens with one attached hydrogen (secondary N) is 1. The molecule has 0 spiro atoms. The molecule has 3 rings (SSSR count). The van der Waals surface area contributed by atoms with E-state index in [0.29, 0.717) is 53.9 Å². The summed E-state index contributed by atoms with van der Waals surface area (Å²) in [4.78, 5) is 25.8. The largest absolute Gasteiger partial charge is 0.493 e. The Bertz CT molecular complexity index is 1030. The number of nitrogens with zero attached hydrogens (tertiary/aromatic N) is 1. The molecule has 0 bridgehead atoms. The summed E-state index contributed by atoms with van der Waals surface area (Å²) in [6.45, 7) is 2.26. The number of carbonyl (C=O) groups is 2. The lowest BCUT2D eigenvalue weighted by molar-refractivity contribution is -0.130. The van der Waals surface area contributed by atoms with Crippen LogP contribution in [0.3, 0.4) is 0 Å². The Balaban J connectivity index is 1.85. The van der Waals surface area contributed by atoms with Crippen molar-refractivity contribution >= 4 is 17.5 Å². The summed E-state index contributed by atoms with van der Waals surface area (Å²) in [5.41, 5.74) is 3.14. The number of anilines is 1. The first-order valence-corrected chi connectivity index (χ1v) is 11.3. The molecular weight excluding hydrogens is 456 g/mol. The van der Waals surface area contributed by atoms with Gasteiger partial charge in [0.2, 0.25) is 17.6 Å². The third-order valence-corrected chi connectivity index (χ3v) is 6.02. The van der Waals surface area contributed by atoms with Gasteiger partial charge in [-0.15, -0.1) is 0 Å². The van der Waals surface area contributed by atoms with Crippen molar-refractivity contribution in [1.29, 1.82) is 0 Å². The van der Waals surface area contributed by atoms with Crippen molar-refractivity contribution in [2.75, 3.05) is 39.9 Å². The van der Waals surface area contributed by atoms with Crippen LogP contribution in [0, 0.1) is 5.92 Å². The van der Waals surface area contributed by atoms with Crippen LogP contribution < -0.4 is 34.1 Å². The van der Waals surface area contributed by atoms with Gasteiger partial charge in [-0.1, -0.05) is 13.0 Å². The minimum Gasteiger partial charge on any atom is -0.493 e. The SMILES string of the molecule is COc1ccc([C@H]2[C@H](C)C(=O)N2c2cc(OC)c(OC)c(OC)c2)cc1OCCCCC(=O)NO. The minimum atomic E-state index is -0.430. The highest BCUT2D eigenvalue weighted by Crippen LogP contribution is 2.49. The molecular formula is C25H32N2O8. The van der Waals surface area contributed by atoms with E-state index in [1.54, 1.807) is 29.6 Å². The van der Waals surface area contributed by atoms with E-state index in [1.807, 2.05) is 25.1 Å². The molecule has 2 amide bonds. The molecule has 0 aromatic heterocycles. The number of β-lactam (4-membered cyclic amide) rings is 1. The third kappa shape index (κ3) is 5.37. The van der Waals surface area contributed by atoms with Gasteiger partial charge in [-0.25, -0.2) is 5.48 Å². The smallest absolute Gasteiger partial charge is 0.243 e. The fourth-order valence-corrected chi connectivity index (χ4v) is 4.18. The fraction of sp³-hybridized carbons (Fsp3) is 0.440. The number of unbranched alkanes of at least 4 members (excludes halogenated alkanes) is 1. The van der Waals surface area contributed by atoms with E-state index in [1.165, 1.54) is 21.3 Å². The third-order valence-electron chi connectivity index (χ3n) is 6.02. The van der Waals surface area contributed by atoms with Gasteiger partial charge in [0.1, 0.15) is 0 Å². The molecule has 1 aliphatic heterocycles. The molecule has 2 atom stereocenters. The van der Waals surface area contributed by atoms with Gasteiger partial charge in [0.15, 0.2) is 23.0 Å². The number of benzene rings is 2. The quantitative estimate of drug-likeness (QED) is 0.202. The van der Waals surface area contributed by atoms with Gasteiger partial charge in [-0.05, 0) is 30.5 Å². The summed E-state index contributed by atoms with van der Waals surface area (Å²) in [6, 6.07) is 8.87. The average molecular weight is 489 g/mol. The van der Waals surface area contributed by atoms with Crippen molar-refractivity contribution in [1.82, 2.24) is 5.48 Å². The van der Waals surface area contributed by atoms with E-state index in [4.69, 9.17) is 28.9 Å². The van der Waals surface area contributed by atoms with Crippen LogP contribution in [0.25, 0.3) is 0 Å². The van der Waals surface area contributed by atoms with Crippen molar-refractivity contribution in [2.24, 2.45) is 5.92 Å². The minimum absolute atomic E-state index is 0.0234. The Morgan fingerprint density at radius 2 is 1.60 bits per heavy atom. The molecule has 0 unspecified atom stereocenters. The van der Waals surface area contributed by atoms with Crippen LogP contribution in [0.4, 0.5) is 5.69 Å². The number of amides is 2. The molecule has 0 saturated carbocycles. The second kappa shape index (κ2) is 11.7. The predicted molar refractivity (Wildman–Crippen MR) is 128 cm³/mol. The van der Waals surface area contributed by atoms with E-state index < -0.39 is 5.91 Å². The summed E-state index contributed by atoms with van der Waals surface area (Å²) in [6.07, 6.45) is 1.40. The summed E-state index contributed by atoms with van der Waals surface area (Å²) in [5, 5.41) is 8.58. The maximum absolute atomic E-state index is 12.9. The molecule has 1 aliphatic rings. The zero-order valence-corrected chi connectivity index (χ0v) is 20.6. The maximum atomic E-state index is 12.9.